The first kappa shape index (κ1) is 14.0. The van der Waals surface area contributed by atoms with Gasteiger partial charge in [0.05, 0.1) is 0 Å². The van der Waals surface area contributed by atoms with E-state index < -0.39 is 8.25 Å². The van der Waals surface area contributed by atoms with Crippen LogP contribution in [0.15, 0.2) is 36.4 Å². The molecular formula is C6H6CaO3P+. The molecule has 0 aliphatic carbocycles. The van der Waals surface area contributed by atoms with Crippen molar-refractivity contribution in [3.63, 3.8) is 0 Å². The third-order valence-electron chi connectivity index (χ3n) is 0.667. The summed E-state index contributed by atoms with van der Waals surface area (Å²) in [5.74, 6) is 0. The first-order valence-corrected chi connectivity index (χ1v) is 3.64. The fraction of sp³-hybridized carbons (Fsp3) is 0. The number of hydrogen-bond acceptors (Lipinski definition) is 3. The normalized spacial score (nSPS) is 6.73. The van der Waals surface area contributed by atoms with E-state index in [1.54, 1.807) is 0 Å². The first-order valence-electron chi connectivity index (χ1n) is 2.55. The van der Waals surface area contributed by atoms with Crippen LogP contribution in [0.1, 0.15) is 0 Å². The van der Waals surface area contributed by atoms with Crippen molar-refractivity contribution < 1.29 is 14.4 Å². The molecule has 0 saturated carbocycles. The smallest absolute Gasteiger partial charge is 0.598 e. The molecule has 0 amide bonds. The molecule has 1 aromatic rings. The van der Waals surface area contributed by atoms with Gasteiger partial charge in [-0.05, 0) is 0 Å². The Morgan fingerprint density at radius 1 is 0.818 bits per heavy atom. The molecule has 5 heteroatoms. The standard InChI is InChI=1S/C6H6.Ca.HO3P/c1-2-4-6-5-3-1;;1-4(2)3/h1-6H;;(H,1,2,3)/q;+2;/p-1. The Hall–Kier alpha value is 0.500. The van der Waals surface area contributed by atoms with E-state index in [1.165, 1.54) is 0 Å². The van der Waals surface area contributed by atoms with Gasteiger partial charge in [-0.15, -0.1) is 0 Å². The third kappa shape index (κ3) is 18.0. The van der Waals surface area contributed by atoms with Crippen LogP contribution in [0, 0.1) is 0 Å². The van der Waals surface area contributed by atoms with Crippen molar-refractivity contribution in [2.24, 2.45) is 0 Å². The van der Waals surface area contributed by atoms with Gasteiger partial charge >= 0.3 is 37.7 Å². The average molecular weight is 197 g/mol. The summed E-state index contributed by atoms with van der Waals surface area (Å²) < 4.78 is 8.48. The number of rotatable bonds is 0. The Labute approximate surface area is 96.0 Å². The van der Waals surface area contributed by atoms with Crippen LogP contribution in [0.2, 0.25) is 0 Å². The molecule has 0 saturated heterocycles. The van der Waals surface area contributed by atoms with Crippen LogP contribution >= 0.6 is 8.25 Å². The molecule has 11 heavy (non-hydrogen) atoms. The summed E-state index contributed by atoms with van der Waals surface area (Å²) in [5.41, 5.74) is 0. The number of benzene rings is 1. The largest absolute Gasteiger partial charge is 2.00 e. The van der Waals surface area contributed by atoms with E-state index in [9.17, 15) is 0 Å². The van der Waals surface area contributed by atoms with Gasteiger partial charge in [0.15, 0.2) is 0 Å². The average Bonchev–Trinajstić information content (AvgIpc) is 1.90. The van der Waals surface area contributed by atoms with Crippen molar-refractivity contribution >= 4 is 46.0 Å². The Kier molecular flexibility index (Phi) is 13.4. The summed E-state index contributed by atoms with van der Waals surface area (Å²) in [5, 5.41) is 0. The zero-order valence-electron chi connectivity index (χ0n) is 5.84. The molecule has 0 fully saturated rings. The topological polar surface area (TPSA) is 63.2 Å². The van der Waals surface area contributed by atoms with Gasteiger partial charge in [-0.25, -0.2) is 0 Å². The fourth-order valence-corrected chi connectivity index (χ4v) is 0.385. The Morgan fingerprint density at radius 3 is 1.00 bits per heavy atom. The molecule has 1 rings (SSSR count). The first-order chi connectivity index (χ1) is 4.73. The summed E-state index contributed by atoms with van der Waals surface area (Å²) in [6.07, 6.45) is 0. The molecule has 0 aromatic heterocycles. The minimum Gasteiger partial charge on any atom is -0.598 e. The van der Waals surface area contributed by atoms with Crippen LogP contribution in [0.3, 0.4) is 0 Å². The summed E-state index contributed by atoms with van der Waals surface area (Å²) in [7, 11) is -3.37. The molecule has 0 unspecified atom stereocenters. The molecule has 0 heterocycles. The molecular weight excluding hydrogens is 191 g/mol. The zero-order chi connectivity index (χ0) is 7.82. The molecule has 1 aromatic carbocycles. The van der Waals surface area contributed by atoms with E-state index in [-0.39, 0.29) is 37.7 Å². The molecule has 0 aliphatic rings. The maximum Gasteiger partial charge on any atom is 2.00 e. The predicted octanol–water partition coefficient (Wildman–Crippen LogP) is -0.330. The van der Waals surface area contributed by atoms with Crippen LogP contribution in [0.25, 0.3) is 0 Å². The monoisotopic (exact) mass is 197 g/mol. The molecule has 54 valence electrons. The van der Waals surface area contributed by atoms with Gasteiger partial charge in [-0.3, -0.25) is 0 Å². The summed E-state index contributed by atoms with van der Waals surface area (Å²) in [6, 6.07) is 12.0. The van der Waals surface area contributed by atoms with Gasteiger partial charge in [0.2, 0.25) is 0 Å². The van der Waals surface area contributed by atoms with Crippen LogP contribution in [0.4, 0.5) is 0 Å². The van der Waals surface area contributed by atoms with E-state index in [2.05, 4.69) is 0 Å². The Balaban J connectivity index is 0. The van der Waals surface area contributed by atoms with E-state index >= 15 is 0 Å². The van der Waals surface area contributed by atoms with E-state index in [4.69, 9.17) is 14.4 Å². The minimum absolute atomic E-state index is 0. The van der Waals surface area contributed by atoms with Gasteiger partial charge in [0, 0.05) is 0 Å². The van der Waals surface area contributed by atoms with Crippen molar-refractivity contribution in [2.45, 2.75) is 0 Å². The molecule has 0 spiro atoms. The SMILES string of the molecule is O=[P+]([O-])[O-].[Ca+2].c1ccccc1. The van der Waals surface area contributed by atoms with Gasteiger partial charge in [0.1, 0.15) is 0 Å². The summed E-state index contributed by atoms with van der Waals surface area (Å²) in [4.78, 5) is 17.0. The van der Waals surface area contributed by atoms with Crippen molar-refractivity contribution in [3.05, 3.63) is 36.4 Å². The maximum absolute atomic E-state index is 8.48. The summed E-state index contributed by atoms with van der Waals surface area (Å²) in [6.45, 7) is 0. The van der Waals surface area contributed by atoms with Crippen LogP contribution in [0.5, 0.6) is 0 Å². The van der Waals surface area contributed by atoms with Crippen molar-refractivity contribution in [2.75, 3.05) is 0 Å². The molecule has 0 aliphatic heterocycles. The van der Waals surface area contributed by atoms with Crippen molar-refractivity contribution in [1.82, 2.24) is 0 Å². The zero-order valence-corrected chi connectivity index (χ0v) is 8.95. The van der Waals surface area contributed by atoms with Crippen molar-refractivity contribution in [1.29, 1.82) is 0 Å². The maximum atomic E-state index is 8.48. The second kappa shape index (κ2) is 10.5. The van der Waals surface area contributed by atoms with Gasteiger partial charge < -0.3 is 9.79 Å². The second-order valence-electron chi connectivity index (χ2n) is 1.38. The Morgan fingerprint density at radius 2 is 0.909 bits per heavy atom. The fourth-order valence-electron chi connectivity index (χ4n) is 0.385. The van der Waals surface area contributed by atoms with Crippen LogP contribution in [-0.2, 0) is 4.57 Å². The minimum atomic E-state index is -3.37. The quantitative estimate of drug-likeness (QED) is 0.422. The van der Waals surface area contributed by atoms with E-state index in [0.29, 0.717) is 0 Å². The molecule has 3 nitrogen and oxygen atoms in total. The third-order valence-corrected chi connectivity index (χ3v) is 0.667. The van der Waals surface area contributed by atoms with Crippen LogP contribution < -0.4 is 9.79 Å². The molecule has 0 bridgehead atoms. The summed E-state index contributed by atoms with van der Waals surface area (Å²) >= 11 is 0. The van der Waals surface area contributed by atoms with Gasteiger partial charge in [0.25, 0.3) is 8.25 Å². The second-order valence-corrected chi connectivity index (χ2v) is 1.83. The molecule has 0 radical (unpaired) electrons. The van der Waals surface area contributed by atoms with Gasteiger partial charge in [-0.1, -0.05) is 41.0 Å². The van der Waals surface area contributed by atoms with Crippen molar-refractivity contribution in [3.8, 4) is 0 Å². The van der Waals surface area contributed by atoms with E-state index in [0.717, 1.165) is 0 Å². The van der Waals surface area contributed by atoms with E-state index in [1.807, 2.05) is 36.4 Å². The Bertz CT molecular complexity index is 150. The van der Waals surface area contributed by atoms with Crippen LogP contribution in [-0.4, -0.2) is 37.7 Å². The predicted molar refractivity (Wildman–Crippen MR) is 39.8 cm³/mol. The van der Waals surface area contributed by atoms with Gasteiger partial charge in [-0.2, -0.15) is 0 Å². The molecule has 0 N–H and O–H groups in total. The molecule has 0 atom stereocenters. The number of hydrogen-bond donors (Lipinski definition) is 0.